The first-order valence-corrected chi connectivity index (χ1v) is 11.8. The molecule has 0 unspecified atom stereocenters. The van der Waals surface area contributed by atoms with Crippen molar-refractivity contribution in [2.75, 3.05) is 0 Å². The first kappa shape index (κ1) is 22.2. The van der Waals surface area contributed by atoms with E-state index in [0.29, 0.717) is 16.8 Å². The fourth-order valence-electron chi connectivity index (χ4n) is 5.12. The number of nitrogens with one attached hydrogen (secondary N) is 1. The summed E-state index contributed by atoms with van der Waals surface area (Å²) in [5.74, 6) is -0.297. The number of carbonyl (C=O) groups excluding carboxylic acids is 1. The van der Waals surface area contributed by atoms with Gasteiger partial charge in [0.2, 0.25) is 5.88 Å². The maximum Gasteiger partial charge on any atom is 0.256 e. The summed E-state index contributed by atoms with van der Waals surface area (Å²) < 4.78 is 0. The van der Waals surface area contributed by atoms with Gasteiger partial charge in [0, 0.05) is 18.2 Å². The summed E-state index contributed by atoms with van der Waals surface area (Å²) in [4.78, 5) is 29.9. The van der Waals surface area contributed by atoms with Gasteiger partial charge in [-0.15, -0.1) is 10.2 Å². The number of aromatic amines is 1. The number of nitrogens with zero attached hydrogens (tertiary/aromatic N) is 3. The van der Waals surface area contributed by atoms with Gasteiger partial charge in [0.05, 0.1) is 11.3 Å². The molecule has 2 saturated carbocycles. The molecule has 170 valence electrons. The van der Waals surface area contributed by atoms with Gasteiger partial charge in [-0.3, -0.25) is 14.6 Å². The second-order valence-corrected chi connectivity index (χ2v) is 9.03. The van der Waals surface area contributed by atoms with E-state index in [1.807, 2.05) is 18.2 Å². The van der Waals surface area contributed by atoms with Crippen LogP contribution in [0.25, 0.3) is 0 Å². The van der Waals surface area contributed by atoms with Gasteiger partial charge in [-0.05, 0) is 50.3 Å². The summed E-state index contributed by atoms with van der Waals surface area (Å²) in [6, 6.07) is 9.21. The van der Waals surface area contributed by atoms with Crippen LogP contribution < -0.4 is 5.56 Å². The Morgan fingerprint density at radius 1 is 0.969 bits per heavy atom. The lowest BCUT2D eigenvalue weighted by Crippen LogP contribution is -2.48. The number of hydrogen-bond donors (Lipinski definition) is 2. The molecule has 7 nitrogen and oxygen atoms in total. The lowest BCUT2D eigenvalue weighted by molar-refractivity contribution is 0.0449. The van der Waals surface area contributed by atoms with Gasteiger partial charge in [0.25, 0.3) is 11.5 Å². The van der Waals surface area contributed by atoms with E-state index in [9.17, 15) is 14.7 Å². The molecule has 1 heterocycles. The highest BCUT2D eigenvalue weighted by Crippen LogP contribution is 2.34. The van der Waals surface area contributed by atoms with Crippen LogP contribution in [-0.4, -0.2) is 33.0 Å². The second kappa shape index (κ2) is 10.1. The molecule has 0 saturated heterocycles. The van der Waals surface area contributed by atoms with Crippen molar-refractivity contribution in [3.05, 3.63) is 51.8 Å². The molecule has 2 fully saturated rings. The molecule has 2 aromatic rings. The smallest absolute Gasteiger partial charge is 0.256 e. The molecule has 0 atom stereocenters. The minimum Gasteiger partial charge on any atom is -0.493 e. The standard InChI is InChI=1S/C25H32N4O3/c1-17-16-22(30)26-24(31)23(17)28-27-21-15-9-8-14-20(21)25(32)29(18-10-4-2-5-11-18)19-12-6-3-7-13-19/h8-9,14-16,18-19H,2-7,10-13H2,1H3,(H2,26,30,31). The Hall–Kier alpha value is -2.96. The number of rotatable bonds is 5. The van der Waals surface area contributed by atoms with Gasteiger partial charge in [0.1, 0.15) is 5.69 Å². The summed E-state index contributed by atoms with van der Waals surface area (Å²) in [5.41, 5.74) is 1.33. The van der Waals surface area contributed by atoms with E-state index in [0.717, 1.165) is 25.7 Å². The van der Waals surface area contributed by atoms with E-state index in [1.54, 1.807) is 13.0 Å². The fraction of sp³-hybridized carbons (Fsp3) is 0.520. The first-order chi connectivity index (χ1) is 15.5. The van der Waals surface area contributed by atoms with Crippen LogP contribution in [0.15, 0.2) is 45.4 Å². The molecule has 2 aliphatic rings. The number of aryl methyl sites for hydroxylation is 1. The number of carbonyl (C=O) groups is 1. The molecule has 2 N–H and O–H groups in total. The number of aromatic nitrogens is 1. The molecule has 4 rings (SSSR count). The molecule has 1 amide bonds. The molecule has 0 aliphatic heterocycles. The van der Waals surface area contributed by atoms with Crippen molar-refractivity contribution in [2.24, 2.45) is 10.2 Å². The second-order valence-electron chi connectivity index (χ2n) is 9.03. The summed E-state index contributed by atoms with van der Waals surface area (Å²) in [7, 11) is 0. The summed E-state index contributed by atoms with van der Waals surface area (Å²) in [5, 5.41) is 18.6. The Kier molecular flexibility index (Phi) is 7.02. The number of amides is 1. The molecule has 1 aromatic heterocycles. The number of H-pyrrole nitrogens is 1. The third-order valence-corrected chi connectivity index (χ3v) is 6.75. The minimum absolute atomic E-state index is 0.0285. The molecule has 2 aliphatic carbocycles. The molecule has 32 heavy (non-hydrogen) atoms. The lowest BCUT2D eigenvalue weighted by atomic mass is 9.88. The molecule has 0 radical (unpaired) electrons. The third kappa shape index (κ3) is 4.92. The number of benzene rings is 1. The number of azo groups is 1. The van der Waals surface area contributed by atoms with E-state index in [4.69, 9.17) is 0 Å². The average Bonchev–Trinajstić information content (AvgIpc) is 2.80. The zero-order valence-corrected chi connectivity index (χ0v) is 18.7. The maximum atomic E-state index is 13.9. The number of aromatic hydroxyl groups is 1. The molecule has 0 bridgehead atoms. The lowest BCUT2D eigenvalue weighted by Gasteiger charge is -2.42. The van der Waals surface area contributed by atoms with Crippen molar-refractivity contribution in [3.8, 4) is 5.88 Å². The fourth-order valence-corrected chi connectivity index (χ4v) is 5.12. The van der Waals surface area contributed by atoms with Gasteiger partial charge in [-0.25, -0.2) is 0 Å². The van der Waals surface area contributed by atoms with Crippen molar-refractivity contribution in [2.45, 2.75) is 83.2 Å². The van der Waals surface area contributed by atoms with Crippen LogP contribution in [-0.2, 0) is 0 Å². The van der Waals surface area contributed by atoms with Gasteiger partial charge in [0.15, 0.2) is 0 Å². The first-order valence-electron chi connectivity index (χ1n) is 11.8. The van der Waals surface area contributed by atoms with Crippen molar-refractivity contribution in [1.82, 2.24) is 9.88 Å². The van der Waals surface area contributed by atoms with E-state index in [2.05, 4.69) is 20.1 Å². The largest absolute Gasteiger partial charge is 0.493 e. The van der Waals surface area contributed by atoms with Crippen LogP contribution in [0.3, 0.4) is 0 Å². The predicted octanol–water partition coefficient (Wildman–Crippen LogP) is 5.91. The molecule has 1 aromatic carbocycles. The molecular formula is C25H32N4O3. The van der Waals surface area contributed by atoms with Gasteiger partial charge in [-0.1, -0.05) is 50.7 Å². The maximum absolute atomic E-state index is 13.9. The normalized spacial score (nSPS) is 18.2. The van der Waals surface area contributed by atoms with Crippen LogP contribution in [0.4, 0.5) is 11.4 Å². The summed E-state index contributed by atoms with van der Waals surface area (Å²) in [6.45, 7) is 1.69. The average molecular weight is 437 g/mol. The van der Waals surface area contributed by atoms with E-state index in [-0.39, 0.29) is 29.6 Å². The number of hydrogen-bond acceptors (Lipinski definition) is 5. The van der Waals surface area contributed by atoms with Crippen LogP contribution >= 0.6 is 0 Å². The zero-order chi connectivity index (χ0) is 22.5. The summed E-state index contributed by atoms with van der Waals surface area (Å²) in [6.07, 6.45) is 11.5. The van der Waals surface area contributed by atoms with Gasteiger partial charge in [-0.2, -0.15) is 0 Å². The van der Waals surface area contributed by atoms with Gasteiger partial charge < -0.3 is 10.0 Å². The van der Waals surface area contributed by atoms with E-state index < -0.39 is 5.56 Å². The highest BCUT2D eigenvalue weighted by Gasteiger charge is 2.33. The highest BCUT2D eigenvalue weighted by molar-refractivity contribution is 5.99. The third-order valence-electron chi connectivity index (χ3n) is 6.75. The van der Waals surface area contributed by atoms with Crippen molar-refractivity contribution in [1.29, 1.82) is 0 Å². The Morgan fingerprint density at radius 3 is 2.16 bits per heavy atom. The van der Waals surface area contributed by atoms with Crippen LogP contribution in [0.2, 0.25) is 0 Å². The molecule has 0 spiro atoms. The Balaban J connectivity index is 1.66. The monoisotopic (exact) mass is 436 g/mol. The van der Waals surface area contributed by atoms with Crippen molar-refractivity contribution in [3.63, 3.8) is 0 Å². The predicted molar refractivity (Wildman–Crippen MR) is 124 cm³/mol. The van der Waals surface area contributed by atoms with Crippen LogP contribution in [0.1, 0.15) is 80.1 Å². The number of pyridine rings is 1. The van der Waals surface area contributed by atoms with E-state index >= 15 is 0 Å². The van der Waals surface area contributed by atoms with E-state index in [1.165, 1.54) is 44.6 Å². The quantitative estimate of drug-likeness (QED) is 0.570. The van der Waals surface area contributed by atoms with Crippen molar-refractivity contribution < 1.29 is 9.90 Å². The van der Waals surface area contributed by atoms with Gasteiger partial charge >= 0.3 is 0 Å². The van der Waals surface area contributed by atoms with Crippen LogP contribution in [0.5, 0.6) is 5.88 Å². The molecule has 7 heteroatoms. The topological polar surface area (TPSA) is 98.1 Å². The minimum atomic E-state index is -0.398. The Labute approximate surface area is 188 Å². The van der Waals surface area contributed by atoms with Crippen LogP contribution in [0, 0.1) is 6.92 Å². The SMILES string of the molecule is Cc1cc(=O)[nH]c(O)c1N=Nc1ccccc1C(=O)N(C1CCCCC1)C1CCCCC1. The summed E-state index contributed by atoms with van der Waals surface area (Å²) >= 11 is 0. The Morgan fingerprint density at radius 2 is 1.56 bits per heavy atom. The highest BCUT2D eigenvalue weighted by atomic mass is 16.3. The zero-order valence-electron chi connectivity index (χ0n) is 18.7. The molecular weight excluding hydrogens is 404 g/mol. The van der Waals surface area contributed by atoms with Crippen molar-refractivity contribution >= 4 is 17.3 Å². The Bertz CT molecular complexity index is 989.